The van der Waals surface area contributed by atoms with Gasteiger partial charge in [-0.05, 0) is 44.5 Å². The van der Waals surface area contributed by atoms with Gasteiger partial charge in [0.25, 0.3) is 5.91 Å². The number of hydrogen-bond donors (Lipinski definition) is 0. The van der Waals surface area contributed by atoms with Crippen molar-refractivity contribution < 1.29 is 32.2 Å². The minimum absolute atomic E-state index is 0.00785. The lowest BCUT2D eigenvalue weighted by Gasteiger charge is -2.23. The van der Waals surface area contributed by atoms with E-state index < -0.39 is 23.6 Å². The molecule has 0 saturated heterocycles. The first kappa shape index (κ1) is 22.0. The van der Waals surface area contributed by atoms with Crippen LogP contribution in [0.4, 0.5) is 13.2 Å². The molecule has 0 aliphatic carbocycles. The molecule has 0 radical (unpaired) electrons. The van der Waals surface area contributed by atoms with E-state index >= 15 is 0 Å². The first-order chi connectivity index (χ1) is 12.1. The maximum atomic E-state index is 12.6. The SMILES string of the molecule is COC(=O)CCN(CCCOC(C)C)C(=O)c1ccc(C(F)(F)F)cc1. The molecular formula is C18H24F3NO4. The zero-order valence-corrected chi connectivity index (χ0v) is 15.1. The van der Waals surface area contributed by atoms with E-state index in [4.69, 9.17) is 4.74 Å². The number of methoxy groups -OCH3 is 1. The molecule has 0 bridgehead atoms. The molecule has 8 heteroatoms. The Morgan fingerprint density at radius 2 is 1.73 bits per heavy atom. The average Bonchev–Trinajstić information content (AvgIpc) is 2.59. The van der Waals surface area contributed by atoms with Crippen molar-refractivity contribution in [2.75, 3.05) is 26.8 Å². The summed E-state index contributed by atoms with van der Waals surface area (Å²) in [6.07, 6.45) is -3.84. The Bertz CT molecular complexity index is 585. The van der Waals surface area contributed by atoms with Gasteiger partial charge in [0.1, 0.15) is 0 Å². The van der Waals surface area contributed by atoms with Gasteiger partial charge in [-0.25, -0.2) is 0 Å². The highest BCUT2D eigenvalue weighted by molar-refractivity contribution is 5.94. The van der Waals surface area contributed by atoms with E-state index in [2.05, 4.69) is 4.74 Å². The summed E-state index contributed by atoms with van der Waals surface area (Å²) >= 11 is 0. The van der Waals surface area contributed by atoms with Gasteiger partial charge in [0.2, 0.25) is 0 Å². The second kappa shape index (κ2) is 10.2. The minimum atomic E-state index is -4.46. The smallest absolute Gasteiger partial charge is 0.416 e. The number of carbonyl (C=O) groups excluding carboxylic acids is 2. The molecule has 0 aliphatic heterocycles. The van der Waals surface area contributed by atoms with Gasteiger partial charge in [-0.2, -0.15) is 13.2 Å². The number of rotatable bonds is 9. The van der Waals surface area contributed by atoms with Crippen molar-refractivity contribution in [3.63, 3.8) is 0 Å². The third-order valence-electron chi connectivity index (χ3n) is 3.58. The second-order valence-corrected chi connectivity index (χ2v) is 5.97. The molecule has 1 amide bonds. The molecule has 0 N–H and O–H groups in total. The van der Waals surface area contributed by atoms with Gasteiger partial charge in [0, 0.05) is 25.3 Å². The quantitative estimate of drug-likeness (QED) is 0.489. The lowest BCUT2D eigenvalue weighted by molar-refractivity contribution is -0.141. The summed E-state index contributed by atoms with van der Waals surface area (Å²) in [5, 5.41) is 0. The molecule has 0 fully saturated rings. The molecule has 0 unspecified atom stereocenters. The fourth-order valence-electron chi connectivity index (χ4n) is 2.20. The van der Waals surface area contributed by atoms with Crippen LogP contribution in [-0.4, -0.2) is 49.7 Å². The van der Waals surface area contributed by atoms with Gasteiger partial charge in [-0.1, -0.05) is 0 Å². The number of nitrogens with zero attached hydrogens (tertiary/aromatic N) is 1. The molecule has 146 valence electrons. The summed E-state index contributed by atoms with van der Waals surface area (Å²) in [6.45, 7) is 4.66. The molecule has 0 saturated carbocycles. The number of alkyl halides is 3. The molecule has 1 aromatic carbocycles. The van der Waals surface area contributed by atoms with E-state index in [9.17, 15) is 22.8 Å². The summed E-state index contributed by atoms with van der Waals surface area (Å²) in [4.78, 5) is 25.3. The normalized spacial score (nSPS) is 11.5. The van der Waals surface area contributed by atoms with Crippen molar-refractivity contribution in [3.8, 4) is 0 Å². The topological polar surface area (TPSA) is 55.8 Å². The van der Waals surface area contributed by atoms with Crippen molar-refractivity contribution in [1.29, 1.82) is 0 Å². The maximum Gasteiger partial charge on any atom is 0.416 e. The lowest BCUT2D eigenvalue weighted by atomic mass is 10.1. The Hall–Kier alpha value is -2.09. The minimum Gasteiger partial charge on any atom is -0.469 e. The van der Waals surface area contributed by atoms with E-state index in [1.807, 2.05) is 13.8 Å². The van der Waals surface area contributed by atoms with Crippen LogP contribution in [0, 0.1) is 0 Å². The molecule has 1 rings (SSSR count). The highest BCUT2D eigenvalue weighted by Crippen LogP contribution is 2.29. The molecular weight excluding hydrogens is 351 g/mol. The van der Waals surface area contributed by atoms with Crippen LogP contribution in [0.1, 0.15) is 42.6 Å². The number of ether oxygens (including phenoxy) is 2. The van der Waals surface area contributed by atoms with Crippen LogP contribution >= 0.6 is 0 Å². The van der Waals surface area contributed by atoms with Crippen molar-refractivity contribution in [3.05, 3.63) is 35.4 Å². The van der Waals surface area contributed by atoms with E-state index in [-0.39, 0.29) is 24.6 Å². The highest BCUT2D eigenvalue weighted by Gasteiger charge is 2.30. The van der Waals surface area contributed by atoms with Crippen LogP contribution in [0.3, 0.4) is 0 Å². The number of amides is 1. The largest absolute Gasteiger partial charge is 0.469 e. The van der Waals surface area contributed by atoms with Crippen LogP contribution in [-0.2, 0) is 20.4 Å². The Kier molecular flexibility index (Phi) is 8.57. The summed E-state index contributed by atoms with van der Waals surface area (Å²) in [7, 11) is 1.25. The van der Waals surface area contributed by atoms with E-state index in [0.717, 1.165) is 24.3 Å². The van der Waals surface area contributed by atoms with Gasteiger partial charge >= 0.3 is 12.1 Å². The number of hydrogen-bond acceptors (Lipinski definition) is 4. The van der Waals surface area contributed by atoms with Crippen LogP contribution in [0.5, 0.6) is 0 Å². The zero-order valence-electron chi connectivity index (χ0n) is 15.1. The van der Waals surface area contributed by atoms with Crippen molar-refractivity contribution >= 4 is 11.9 Å². The van der Waals surface area contributed by atoms with E-state index in [1.165, 1.54) is 12.0 Å². The molecule has 0 aliphatic rings. The van der Waals surface area contributed by atoms with Gasteiger partial charge in [-0.3, -0.25) is 9.59 Å². The van der Waals surface area contributed by atoms with Gasteiger partial charge < -0.3 is 14.4 Å². The van der Waals surface area contributed by atoms with Crippen LogP contribution in [0.2, 0.25) is 0 Å². The number of esters is 1. The molecule has 26 heavy (non-hydrogen) atoms. The van der Waals surface area contributed by atoms with Gasteiger partial charge in [0.05, 0.1) is 25.2 Å². The van der Waals surface area contributed by atoms with Crippen molar-refractivity contribution in [2.45, 2.75) is 39.0 Å². The lowest BCUT2D eigenvalue weighted by Crippen LogP contribution is -2.34. The molecule has 0 spiro atoms. The molecule has 5 nitrogen and oxygen atoms in total. The summed E-state index contributed by atoms with van der Waals surface area (Å²) in [5.74, 6) is -0.902. The molecule has 0 heterocycles. The van der Waals surface area contributed by atoms with E-state index in [0.29, 0.717) is 19.6 Å². The van der Waals surface area contributed by atoms with Crippen LogP contribution < -0.4 is 0 Å². The third kappa shape index (κ3) is 7.43. The first-order valence-electron chi connectivity index (χ1n) is 8.30. The molecule has 0 atom stereocenters. The Morgan fingerprint density at radius 3 is 2.23 bits per heavy atom. The molecule has 0 aromatic heterocycles. The Morgan fingerprint density at radius 1 is 1.12 bits per heavy atom. The number of benzene rings is 1. The second-order valence-electron chi connectivity index (χ2n) is 5.97. The fourth-order valence-corrected chi connectivity index (χ4v) is 2.20. The monoisotopic (exact) mass is 375 g/mol. The third-order valence-corrected chi connectivity index (χ3v) is 3.58. The predicted molar refractivity (Wildman–Crippen MR) is 89.7 cm³/mol. The fraction of sp³-hybridized carbons (Fsp3) is 0.556. The predicted octanol–water partition coefficient (Wildman–Crippen LogP) is 3.53. The number of carbonyl (C=O) groups is 2. The Balaban J connectivity index is 2.79. The number of halogens is 3. The summed E-state index contributed by atoms with van der Waals surface area (Å²) in [6, 6.07) is 4.02. The Labute approximate surface area is 151 Å². The zero-order chi connectivity index (χ0) is 19.7. The van der Waals surface area contributed by atoms with Gasteiger partial charge in [-0.15, -0.1) is 0 Å². The van der Waals surface area contributed by atoms with Crippen LogP contribution in [0.25, 0.3) is 0 Å². The first-order valence-corrected chi connectivity index (χ1v) is 8.30. The summed E-state index contributed by atoms with van der Waals surface area (Å²) < 4.78 is 47.9. The highest BCUT2D eigenvalue weighted by atomic mass is 19.4. The average molecular weight is 375 g/mol. The van der Waals surface area contributed by atoms with Crippen molar-refractivity contribution in [1.82, 2.24) is 4.90 Å². The van der Waals surface area contributed by atoms with E-state index in [1.54, 1.807) is 0 Å². The maximum absolute atomic E-state index is 12.6. The van der Waals surface area contributed by atoms with Gasteiger partial charge in [0.15, 0.2) is 0 Å². The van der Waals surface area contributed by atoms with Crippen LogP contribution in [0.15, 0.2) is 24.3 Å². The van der Waals surface area contributed by atoms with Crippen molar-refractivity contribution in [2.24, 2.45) is 0 Å². The summed E-state index contributed by atoms with van der Waals surface area (Å²) in [5.41, 5.74) is -0.687. The standard InChI is InChI=1S/C18H24F3NO4/c1-13(2)26-12-4-10-22(11-9-16(23)25-3)17(24)14-5-7-15(8-6-14)18(19,20)21/h5-8,13H,4,9-12H2,1-3H3. The molecule has 1 aromatic rings.